The van der Waals surface area contributed by atoms with Gasteiger partial charge in [-0.2, -0.15) is 5.30 Å². The molecule has 0 saturated carbocycles. The summed E-state index contributed by atoms with van der Waals surface area (Å²) in [5.74, 6) is 0.515. The molecule has 0 amide bonds. The first-order valence-corrected chi connectivity index (χ1v) is 7.46. The summed E-state index contributed by atoms with van der Waals surface area (Å²) in [6, 6.07) is 11.2. The van der Waals surface area contributed by atoms with E-state index in [1.165, 1.54) is 0 Å². The third-order valence-electron chi connectivity index (χ3n) is 3.06. The number of rotatable bonds is 4. The second-order valence-corrected chi connectivity index (χ2v) is 5.96. The zero-order chi connectivity index (χ0) is 14.7. The quantitative estimate of drug-likeness (QED) is 0.630. The van der Waals surface area contributed by atoms with Gasteiger partial charge in [-0.3, -0.25) is 0 Å². The van der Waals surface area contributed by atoms with Crippen molar-refractivity contribution in [3.8, 4) is 5.75 Å². The average molecular weight is 313 g/mol. The van der Waals surface area contributed by atoms with Crippen LogP contribution in [0.4, 0.5) is 0 Å². The number of carbonyl (C=O) groups is 1. The minimum Gasteiger partial charge on any atom is -0.496 e. The first-order chi connectivity index (χ1) is 9.54. The molecule has 0 aliphatic rings. The van der Waals surface area contributed by atoms with E-state index in [-0.39, 0.29) is 24.4 Å². The summed E-state index contributed by atoms with van der Waals surface area (Å²) in [6.45, 7) is 4.01. The molecule has 2 nitrogen and oxygen atoms in total. The van der Waals surface area contributed by atoms with Crippen LogP contribution in [-0.2, 0) is 0 Å². The summed E-state index contributed by atoms with van der Waals surface area (Å²) in [5.41, 5.74) is 2.60. The average Bonchev–Trinajstić information content (AvgIpc) is 2.42. The third-order valence-corrected chi connectivity index (χ3v) is 4.73. The summed E-state index contributed by atoms with van der Waals surface area (Å²) < 4.78 is 5.24. The fourth-order valence-electron chi connectivity index (χ4n) is 2.02. The molecule has 0 spiro atoms. The topological polar surface area (TPSA) is 26.3 Å². The van der Waals surface area contributed by atoms with E-state index in [9.17, 15) is 4.79 Å². The number of benzene rings is 2. The molecule has 0 radical (unpaired) electrons. The third kappa shape index (κ3) is 4.12. The van der Waals surface area contributed by atoms with Gasteiger partial charge in [0.2, 0.25) is 0 Å². The van der Waals surface area contributed by atoms with Crippen LogP contribution in [0.25, 0.3) is 0 Å². The van der Waals surface area contributed by atoms with E-state index in [1.54, 1.807) is 25.3 Å². The van der Waals surface area contributed by atoms with E-state index >= 15 is 0 Å². The van der Waals surface area contributed by atoms with Gasteiger partial charge in [0.25, 0.3) is 0 Å². The first kappa shape index (κ1) is 18.3. The zero-order valence-corrected chi connectivity index (χ0v) is 14.3. The molecule has 0 saturated heterocycles. The van der Waals surface area contributed by atoms with Crippen LogP contribution < -0.4 is 28.9 Å². The van der Waals surface area contributed by atoms with Crippen LogP contribution in [0.2, 0.25) is 5.02 Å². The minimum absolute atomic E-state index is 0. The van der Waals surface area contributed by atoms with Gasteiger partial charge in [-0.15, -0.1) is 0 Å². The van der Waals surface area contributed by atoms with Crippen LogP contribution in [0, 0.1) is 13.8 Å². The van der Waals surface area contributed by atoms with Gasteiger partial charge in [-0.05, 0) is 26.0 Å². The number of aryl methyl sites for hydroxylation is 2. The number of methoxy groups -OCH3 is 1. The minimum atomic E-state index is -0.0511. The Kier molecular flexibility index (Phi) is 6.98. The Morgan fingerprint density at radius 2 is 1.67 bits per heavy atom. The van der Waals surface area contributed by atoms with Crippen LogP contribution in [0.3, 0.4) is 0 Å². The Hall–Kier alpha value is -0.773. The molecule has 0 bridgehead atoms. The first-order valence-electron chi connectivity index (χ1n) is 6.19. The molecule has 0 heterocycles. The molecule has 104 valence electrons. The largest absolute Gasteiger partial charge is 1.00 e. The number of hydrogen-bond acceptors (Lipinski definition) is 2. The number of halogens is 1. The molecule has 0 unspecified atom stereocenters. The standard InChI is InChI=1S/C16H15ClO2P.Li/c1-10-6-4-7-11(2)15(10)20-16(18)14-12(17)8-5-9-13(14)19-3;/h4-9H,1-3H3;/q-1;+1. The van der Waals surface area contributed by atoms with E-state index < -0.39 is 0 Å². The van der Waals surface area contributed by atoms with Crippen LogP contribution in [0.15, 0.2) is 36.4 Å². The monoisotopic (exact) mass is 312 g/mol. The fourth-order valence-corrected chi connectivity index (χ4v) is 3.39. The van der Waals surface area contributed by atoms with Crippen LogP contribution >= 0.6 is 20.2 Å². The molecule has 2 aromatic rings. The summed E-state index contributed by atoms with van der Waals surface area (Å²) >= 11 is 6.14. The Morgan fingerprint density at radius 3 is 2.24 bits per heavy atom. The van der Waals surface area contributed by atoms with Crippen molar-refractivity contribution in [1.29, 1.82) is 0 Å². The van der Waals surface area contributed by atoms with Crippen molar-refractivity contribution in [2.24, 2.45) is 0 Å². The van der Waals surface area contributed by atoms with E-state index in [4.69, 9.17) is 16.3 Å². The molecule has 5 heteroatoms. The Morgan fingerprint density at radius 1 is 1.10 bits per heavy atom. The summed E-state index contributed by atoms with van der Waals surface area (Å²) in [5, 5.41) is 1.45. The van der Waals surface area contributed by atoms with E-state index in [0.29, 0.717) is 24.9 Å². The zero-order valence-electron chi connectivity index (χ0n) is 12.6. The van der Waals surface area contributed by atoms with Crippen molar-refractivity contribution in [2.75, 3.05) is 7.11 Å². The van der Waals surface area contributed by atoms with E-state index in [0.717, 1.165) is 16.4 Å². The molecule has 21 heavy (non-hydrogen) atoms. The van der Waals surface area contributed by atoms with Crippen molar-refractivity contribution in [2.45, 2.75) is 13.8 Å². The summed E-state index contributed by atoms with van der Waals surface area (Å²) in [7, 11) is 2.16. The normalized spacial score (nSPS) is 10.5. The van der Waals surface area contributed by atoms with Gasteiger partial charge in [-0.1, -0.05) is 47.0 Å². The van der Waals surface area contributed by atoms with Gasteiger partial charge >= 0.3 is 18.9 Å². The molecular formula is C16H15ClLiO2P. The second-order valence-electron chi connectivity index (χ2n) is 4.47. The maximum atomic E-state index is 12.5. The Labute approximate surface area is 144 Å². The van der Waals surface area contributed by atoms with Gasteiger partial charge < -0.3 is 18.1 Å². The van der Waals surface area contributed by atoms with Gasteiger partial charge in [-0.25, -0.2) is 0 Å². The van der Waals surface area contributed by atoms with Gasteiger partial charge in [0.1, 0.15) is 5.75 Å². The van der Waals surface area contributed by atoms with Crippen LogP contribution in [0.5, 0.6) is 5.75 Å². The molecule has 0 aliphatic carbocycles. The number of hydrogen-bond donors (Lipinski definition) is 0. The Balaban J connectivity index is 0.00000220. The Bertz CT molecular complexity index is 638. The van der Waals surface area contributed by atoms with Crippen molar-refractivity contribution in [1.82, 2.24) is 0 Å². The smallest absolute Gasteiger partial charge is 0.496 e. The summed E-state index contributed by atoms with van der Waals surface area (Å²) in [4.78, 5) is 12.5. The van der Waals surface area contributed by atoms with Gasteiger partial charge in [0.05, 0.1) is 12.1 Å². The second kappa shape index (κ2) is 8.02. The number of carbonyl (C=O) groups excluding carboxylic acids is 1. The van der Waals surface area contributed by atoms with Gasteiger partial charge in [0.15, 0.2) is 0 Å². The van der Waals surface area contributed by atoms with Crippen molar-refractivity contribution >= 4 is 31.0 Å². The van der Waals surface area contributed by atoms with Gasteiger partial charge in [0, 0.05) is 11.1 Å². The molecule has 0 atom stereocenters. The molecule has 0 aromatic heterocycles. The number of ether oxygens (including phenoxy) is 1. The SMILES string of the molecule is COc1cccc(Cl)c1C(=O)[P-]c1c(C)cccc1C.[Li+]. The maximum Gasteiger partial charge on any atom is 1.00 e. The molecule has 0 aliphatic heterocycles. The van der Waals surface area contributed by atoms with Crippen molar-refractivity contribution in [3.05, 3.63) is 58.1 Å². The van der Waals surface area contributed by atoms with Crippen molar-refractivity contribution < 1.29 is 28.4 Å². The molecule has 2 aromatic carbocycles. The van der Waals surface area contributed by atoms with E-state index in [2.05, 4.69) is 0 Å². The predicted octanol–water partition coefficient (Wildman–Crippen LogP) is 1.38. The van der Waals surface area contributed by atoms with Crippen LogP contribution in [0.1, 0.15) is 21.5 Å². The fraction of sp³-hybridized carbons (Fsp3) is 0.188. The van der Waals surface area contributed by atoms with Crippen LogP contribution in [-0.4, -0.2) is 12.6 Å². The molecule has 0 N–H and O–H groups in total. The maximum absolute atomic E-state index is 12.5. The molecule has 2 rings (SSSR count). The molecular weight excluding hydrogens is 298 g/mol. The van der Waals surface area contributed by atoms with E-state index in [1.807, 2.05) is 32.0 Å². The molecule has 0 fully saturated rings. The summed E-state index contributed by atoms with van der Waals surface area (Å²) in [6.07, 6.45) is 0. The van der Waals surface area contributed by atoms with Crippen molar-refractivity contribution in [3.63, 3.8) is 0 Å². The predicted molar refractivity (Wildman–Crippen MR) is 84.8 cm³/mol.